The minimum Gasteiger partial charge on any atom is -0.494 e. The van der Waals surface area contributed by atoms with Crippen molar-refractivity contribution in [2.24, 2.45) is 0 Å². The highest BCUT2D eigenvalue weighted by atomic mass is 79.9. The molecular formula is C31H28BrN3OS. The molecule has 2 aromatic heterocycles. The number of halogens is 1. The van der Waals surface area contributed by atoms with Crippen LogP contribution in [0, 0.1) is 0 Å². The van der Waals surface area contributed by atoms with Gasteiger partial charge in [0, 0.05) is 34.0 Å². The Morgan fingerprint density at radius 1 is 0.946 bits per heavy atom. The number of rotatable bonds is 6. The van der Waals surface area contributed by atoms with Crippen molar-refractivity contribution in [3.05, 3.63) is 101 Å². The fourth-order valence-corrected chi connectivity index (χ4v) is 5.95. The van der Waals surface area contributed by atoms with Gasteiger partial charge in [0.15, 0.2) is 0 Å². The summed E-state index contributed by atoms with van der Waals surface area (Å²) >= 11 is 9.73. The minimum absolute atomic E-state index is 0.646. The van der Waals surface area contributed by atoms with E-state index in [1.165, 1.54) is 33.6 Å². The first kappa shape index (κ1) is 24.0. The molecule has 37 heavy (non-hydrogen) atoms. The van der Waals surface area contributed by atoms with Gasteiger partial charge < -0.3 is 14.6 Å². The van der Waals surface area contributed by atoms with Crippen molar-refractivity contribution < 1.29 is 4.74 Å². The second kappa shape index (κ2) is 10.2. The highest BCUT2D eigenvalue weighted by Crippen LogP contribution is 2.40. The molecule has 0 amide bonds. The monoisotopic (exact) mass is 569 g/mol. The van der Waals surface area contributed by atoms with E-state index in [0.29, 0.717) is 11.6 Å². The number of nitrogens with zero attached hydrogens (tertiary/aromatic N) is 2. The van der Waals surface area contributed by atoms with Crippen molar-refractivity contribution in [1.82, 2.24) is 8.97 Å². The van der Waals surface area contributed by atoms with Gasteiger partial charge in [-0.1, -0.05) is 70.6 Å². The van der Waals surface area contributed by atoms with Crippen molar-refractivity contribution >= 4 is 44.5 Å². The highest BCUT2D eigenvalue weighted by Gasteiger charge is 2.28. The Morgan fingerprint density at radius 3 is 2.43 bits per heavy atom. The lowest BCUT2D eigenvalue weighted by Crippen LogP contribution is -2.14. The van der Waals surface area contributed by atoms with Crippen LogP contribution in [0.15, 0.2) is 89.5 Å². The molecule has 0 saturated heterocycles. The zero-order chi connectivity index (χ0) is 25.4. The Labute approximate surface area is 231 Å². The van der Waals surface area contributed by atoms with Gasteiger partial charge in [-0.2, -0.15) is 0 Å². The lowest BCUT2D eigenvalue weighted by Gasteiger charge is -2.13. The molecule has 1 aliphatic heterocycles. The van der Waals surface area contributed by atoms with Crippen LogP contribution in [0.4, 0.5) is 5.69 Å². The van der Waals surface area contributed by atoms with Crippen molar-refractivity contribution in [3.63, 3.8) is 0 Å². The van der Waals surface area contributed by atoms with Gasteiger partial charge in [0.05, 0.1) is 18.0 Å². The maximum absolute atomic E-state index is 6.13. The van der Waals surface area contributed by atoms with E-state index in [1.807, 2.05) is 31.2 Å². The number of nitrogens with one attached hydrogen (secondary N) is 1. The number of hydrogen-bond acceptors (Lipinski definition) is 2. The molecule has 0 aliphatic carbocycles. The van der Waals surface area contributed by atoms with E-state index < -0.39 is 0 Å². The molecule has 4 nitrogen and oxygen atoms in total. The summed E-state index contributed by atoms with van der Waals surface area (Å²) in [5, 5.41) is 3.52. The Hall–Kier alpha value is -3.35. The lowest BCUT2D eigenvalue weighted by atomic mass is 9.98. The van der Waals surface area contributed by atoms with Crippen LogP contribution in [0.25, 0.3) is 28.0 Å². The lowest BCUT2D eigenvalue weighted by molar-refractivity contribution is 0.340. The number of thiocarbonyl (C=S) groups is 1. The molecule has 1 aliphatic rings. The third-order valence-electron chi connectivity index (χ3n) is 6.97. The third kappa shape index (κ3) is 4.49. The molecule has 6 rings (SSSR count). The molecule has 5 aromatic rings. The second-order valence-corrected chi connectivity index (χ2v) is 10.6. The Kier molecular flexibility index (Phi) is 6.61. The first-order valence-electron chi connectivity index (χ1n) is 12.8. The average molecular weight is 571 g/mol. The second-order valence-electron chi connectivity index (χ2n) is 9.30. The number of aryl methyl sites for hydroxylation is 2. The predicted molar refractivity (Wildman–Crippen MR) is 160 cm³/mol. The SMILES string of the molecule is CCOc1ccc(NC(=S)c2c(-c3ccc(Br)cc3)c3c4n(c(-c5ccccc5)cn24)CCCC3)cc1. The summed E-state index contributed by atoms with van der Waals surface area (Å²) in [4.78, 5) is 0.709. The molecule has 3 aromatic carbocycles. The summed E-state index contributed by atoms with van der Waals surface area (Å²) in [6, 6.07) is 27.2. The number of anilines is 1. The van der Waals surface area contributed by atoms with Gasteiger partial charge in [-0.3, -0.25) is 4.40 Å². The predicted octanol–water partition coefficient (Wildman–Crippen LogP) is 8.36. The Balaban J connectivity index is 1.54. The average Bonchev–Trinajstić information content (AvgIpc) is 3.34. The van der Waals surface area contributed by atoms with Crippen LogP contribution in [0.1, 0.15) is 31.0 Å². The largest absolute Gasteiger partial charge is 0.494 e. The van der Waals surface area contributed by atoms with E-state index in [-0.39, 0.29) is 0 Å². The molecule has 0 saturated carbocycles. The molecule has 0 bridgehead atoms. The van der Waals surface area contributed by atoms with Crippen LogP contribution in [0.2, 0.25) is 0 Å². The topological polar surface area (TPSA) is 30.6 Å². The van der Waals surface area contributed by atoms with Crippen molar-refractivity contribution in [1.29, 1.82) is 0 Å². The Bertz CT molecular complexity index is 1570. The quantitative estimate of drug-likeness (QED) is 0.208. The number of hydrogen-bond donors (Lipinski definition) is 1. The van der Waals surface area contributed by atoms with Gasteiger partial charge in [-0.15, -0.1) is 0 Å². The molecule has 0 atom stereocenters. The smallest absolute Gasteiger partial charge is 0.128 e. The molecule has 1 N–H and O–H groups in total. The van der Waals surface area contributed by atoms with E-state index >= 15 is 0 Å². The standard InChI is InChI=1S/C31H28BrN3OS/c1-2-36-25-17-15-24(16-18-25)33-30(37)29-28(22-11-13-23(32)14-12-22)26-10-6-7-19-34-27(20-35(29)31(26)34)21-8-4-3-5-9-21/h3-5,8-9,11-18,20H,2,6-7,10,19H2,1H3,(H,33,37). The number of benzene rings is 3. The summed E-state index contributed by atoms with van der Waals surface area (Å²) in [5.74, 6) is 0.855. The Morgan fingerprint density at radius 2 is 1.70 bits per heavy atom. The van der Waals surface area contributed by atoms with Gasteiger partial charge in [0.25, 0.3) is 0 Å². The summed E-state index contributed by atoms with van der Waals surface area (Å²) in [6.45, 7) is 3.63. The van der Waals surface area contributed by atoms with Gasteiger partial charge in [0.2, 0.25) is 0 Å². The van der Waals surface area contributed by atoms with E-state index in [0.717, 1.165) is 47.4 Å². The van der Waals surface area contributed by atoms with Crippen LogP contribution >= 0.6 is 28.1 Å². The van der Waals surface area contributed by atoms with Crippen LogP contribution in [0.5, 0.6) is 5.75 Å². The summed E-state index contributed by atoms with van der Waals surface area (Å²) in [5.41, 5.74) is 9.46. The van der Waals surface area contributed by atoms with Crippen LogP contribution in [0.3, 0.4) is 0 Å². The maximum atomic E-state index is 6.13. The minimum atomic E-state index is 0.646. The van der Waals surface area contributed by atoms with E-state index in [1.54, 1.807) is 0 Å². The molecular weight excluding hydrogens is 542 g/mol. The van der Waals surface area contributed by atoms with Gasteiger partial charge >= 0.3 is 0 Å². The first-order valence-corrected chi connectivity index (χ1v) is 14.0. The van der Waals surface area contributed by atoms with Crippen molar-refractivity contribution in [2.45, 2.75) is 32.7 Å². The maximum Gasteiger partial charge on any atom is 0.128 e. The highest BCUT2D eigenvalue weighted by molar-refractivity contribution is 9.10. The van der Waals surface area contributed by atoms with E-state index in [9.17, 15) is 0 Å². The first-order chi connectivity index (χ1) is 18.1. The summed E-state index contributed by atoms with van der Waals surface area (Å²) in [6.07, 6.45) is 5.60. The zero-order valence-corrected chi connectivity index (χ0v) is 23.1. The molecule has 186 valence electrons. The normalized spacial score (nSPS) is 12.9. The number of imidazole rings is 1. The van der Waals surface area contributed by atoms with Gasteiger partial charge in [-0.25, -0.2) is 0 Å². The summed E-state index contributed by atoms with van der Waals surface area (Å²) in [7, 11) is 0. The fourth-order valence-electron chi connectivity index (χ4n) is 5.37. The van der Waals surface area contributed by atoms with Crippen LogP contribution < -0.4 is 10.1 Å². The fraction of sp³-hybridized carbons (Fsp3) is 0.194. The van der Waals surface area contributed by atoms with E-state index in [2.05, 4.69) is 91.0 Å². The molecule has 0 radical (unpaired) electrons. The number of ether oxygens (including phenoxy) is 1. The van der Waals surface area contributed by atoms with Gasteiger partial charge in [0.1, 0.15) is 16.4 Å². The molecule has 6 heteroatoms. The molecule has 0 unspecified atom stereocenters. The molecule has 3 heterocycles. The molecule has 0 fully saturated rings. The van der Waals surface area contributed by atoms with Gasteiger partial charge in [-0.05, 0) is 73.7 Å². The third-order valence-corrected chi connectivity index (χ3v) is 7.80. The molecule has 0 spiro atoms. The van der Waals surface area contributed by atoms with Crippen molar-refractivity contribution in [2.75, 3.05) is 11.9 Å². The van der Waals surface area contributed by atoms with Crippen LogP contribution in [-0.4, -0.2) is 20.6 Å². The number of aromatic nitrogens is 2. The zero-order valence-electron chi connectivity index (χ0n) is 20.7. The van der Waals surface area contributed by atoms with Crippen molar-refractivity contribution in [3.8, 4) is 28.1 Å². The van der Waals surface area contributed by atoms with E-state index in [4.69, 9.17) is 17.0 Å². The van der Waals surface area contributed by atoms with Crippen LogP contribution in [-0.2, 0) is 13.0 Å². The summed E-state index contributed by atoms with van der Waals surface area (Å²) < 4.78 is 11.5.